The van der Waals surface area contributed by atoms with Gasteiger partial charge in [0.2, 0.25) is 0 Å². The van der Waals surface area contributed by atoms with Gasteiger partial charge in [-0.05, 0) is 43.3 Å². The Morgan fingerprint density at radius 2 is 1.93 bits per heavy atom. The molecule has 3 rings (SSSR count). The second-order valence-electron chi connectivity index (χ2n) is 5.83. The zero-order valence-corrected chi connectivity index (χ0v) is 18.3. The summed E-state index contributed by atoms with van der Waals surface area (Å²) in [7, 11) is 3.09. The van der Waals surface area contributed by atoms with Gasteiger partial charge in [-0.3, -0.25) is 4.79 Å². The van der Waals surface area contributed by atoms with Crippen LogP contribution in [0.25, 0.3) is 10.2 Å². The van der Waals surface area contributed by atoms with E-state index in [2.05, 4.69) is 20.9 Å². The maximum Gasteiger partial charge on any atom is 0.279 e. The van der Waals surface area contributed by atoms with E-state index in [-0.39, 0.29) is 5.91 Å². The fourth-order valence-corrected chi connectivity index (χ4v) is 4.38. The van der Waals surface area contributed by atoms with Gasteiger partial charge in [-0.2, -0.15) is 4.99 Å². The lowest BCUT2D eigenvalue weighted by molar-refractivity contribution is 0.0996. The molecule has 8 heteroatoms. The lowest BCUT2D eigenvalue weighted by Gasteiger charge is -2.08. The van der Waals surface area contributed by atoms with E-state index in [1.807, 2.05) is 29.7 Å². The van der Waals surface area contributed by atoms with Crippen LogP contribution in [0.5, 0.6) is 11.5 Å². The summed E-state index contributed by atoms with van der Waals surface area (Å²) in [5, 5.41) is 0. The van der Waals surface area contributed by atoms with Gasteiger partial charge in [0, 0.05) is 23.2 Å². The lowest BCUT2D eigenvalue weighted by Crippen LogP contribution is -2.19. The molecule has 0 aliphatic rings. The number of thiazole rings is 1. The van der Waals surface area contributed by atoms with Gasteiger partial charge in [0.25, 0.3) is 5.91 Å². The Morgan fingerprint density at radius 3 is 2.64 bits per heavy atom. The predicted octanol–water partition coefficient (Wildman–Crippen LogP) is 4.26. The highest BCUT2D eigenvalue weighted by Gasteiger charge is 2.12. The summed E-state index contributed by atoms with van der Waals surface area (Å²) >= 11 is 4.97. The number of rotatable bonds is 7. The molecule has 0 atom stereocenters. The average molecular weight is 465 g/mol. The highest BCUT2D eigenvalue weighted by Crippen LogP contribution is 2.28. The molecule has 0 aliphatic carbocycles. The zero-order valence-electron chi connectivity index (χ0n) is 15.9. The van der Waals surface area contributed by atoms with Gasteiger partial charge in [-0.15, -0.1) is 0 Å². The van der Waals surface area contributed by atoms with E-state index in [4.69, 9.17) is 14.2 Å². The number of amides is 1. The number of halogens is 1. The second kappa shape index (κ2) is 9.36. The van der Waals surface area contributed by atoms with Crippen LogP contribution in [0.4, 0.5) is 0 Å². The first-order valence-corrected chi connectivity index (χ1v) is 10.4. The van der Waals surface area contributed by atoms with Crippen molar-refractivity contribution in [3.8, 4) is 11.5 Å². The molecule has 0 saturated heterocycles. The summed E-state index contributed by atoms with van der Waals surface area (Å²) in [5.41, 5.74) is 1.46. The number of benzene rings is 2. The van der Waals surface area contributed by atoms with Crippen molar-refractivity contribution in [1.29, 1.82) is 0 Å². The summed E-state index contributed by atoms with van der Waals surface area (Å²) in [5.74, 6) is 0.724. The van der Waals surface area contributed by atoms with Crippen LogP contribution in [-0.4, -0.2) is 37.9 Å². The minimum atomic E-state index is -0.336. The summed E-state index contributed by atoms with van der Waals surface area (Å²) in [6.45, 7) is 3.77. The molecule has 0 saturated carbocycles. The SMILES string of the molecule is CCOCCn1c(=NC(=O)c2ccc(OC)c(OC)c2)sc2cc(Br)ccc21. The molecule has 0 fully saturated rings. The first-order valence-electron chi connectivity index (χ1n) is 8.75. The standard InChI is InChI=1S/C20H21BrN2O4S/c1-4-27-10-9-23-15-7-6-14(21)12-18(15)28-20(23)22-19(24)13-5-8-16(25-2)17(11-13)26-3/h5-8,11-12H,4,9-10H2,1-3H3. The number of hydrogen-bond donors (Lipinski definition) is 0. The van der Waals surface area contributed by atoms with E-state index in [1.54, 1.807) is 25.3 Å². The monoisotopic (exact) mass is 464 g/mol. The third-order valence-corrected chi connectivity index (χ3v) is 5.67. The van der Waals surface area contributed by atoms with Crippen molar-refractivity contribution in [3.63, 3.8) is 0 Å². The van der Waals surface area contributed by atoms with E-state index < -0.39 is 0 Å². The molecule has 0 spiro atoms. The molecule has 0 radical (unpaired) electrons. The Bertz CT molecular complexity index is 1060. The first-order chi connectivity index (χ1) is 13.6. The number of carbonyl (C=O) groups excluding carboxylic acids is 1. The molecule has 6 nitrogen and oxygen atoms in total. The van der Waals surface area contributed by atoms with Gasteiger partial charge in [0.1, 0.15) is 0 Å². The Morgan fingerprint density at radius 1 is 1.14 bits per heavy atom. The van der Waals surface area contributed by atoms with Crippen molar-refractivity contribution in [2.45, 2.75) is 13.5 Å². The fourth-order valence-electron chi connectivity index (χ4n) is 2.77. The van der Waals surface area contributed by atoms with E-state index in [1.165, 1.54) is 18.4 Å². The van der Waals surface area contributed by atoms with E-state index >= 15 is 0 Å². The van der Waals surface area contributed by atoms with Crippen LogP contribution in [0.2, 0.25) is 0 Å². The van der Waals surface area contributed by atoms with Crippen molar-refractivity contribution in [2.75, 3.05) is 27.4 Å². The molecule has 1 amide bonds. The molecule has 0 aliphatic heterocycles. The number of hydrogen-bond acceptors (Lipinski definition) is 5. The van der Waals surface area contributed by atoms with Crippen LogP contribution >= 0.6 is 27.3 Å². The maximum atomic E-state index is 12.8. The van der Waals surface area contributed by atoms with Crippen molar-refractivity contribution in [1.82, 2.24) is 4.57 Å². The van der Waals surface area contributed by atoms with Crippen LogP contribution in [0.15, 0.2) is 45.9 Å². The zero-order chi connectivity index (χ0) is 20.1. The Hall–Kier alpha value is -2.16. The number of methoxy groups -OCH3 is 2. The number of aromatic nitrogens is 1. The number of ether oxygens (including phenoxy) is 3. The smallest absolute Gasteiger partial charge is 0.279 e. The van der Waals surface area contributed by atoms with Crippen molar-refractivity contribution in [3.05, 3.63) is 51.2 Å². The van der Waals surface area contributed by atoms with Crippen LogP contribution in [0, 0.1) is 0 Å². The minimum absolute atomic E-state index is 0.336. The maximum absolute atomic E-state index is 12.8. The van der Waals surface area contributed by atoms with Crippen molar-refractivity contribution in [2.24, 2.45) is 4.99 Å². The fraction of sp³-hybridized carbons (Fsp3) is 0.300. The van der Waals surface area contributed by atoms with Gasteiger partial charge < -0.3 is 18.8 Å². The molecule has 1 heterocycles. The number of carbonyl (C=O) groups is 1. The molecule has 148 valence electrons. The first kappa shape index (κ1) is 20.6. The van der Waals surface area contributed by atoms with E-state index in [0.717, 1.165) is 14.7 Å². The summed E-state index contributed by atoms with van der Waals surface area (Å²) in [4.78, 5) is 17.8. The van der Waals surface area contributed by atoms with Crippen LogP contribution in [0.1, 0.15) is 17.3 Å². The Labute approximate surface area is 175 Å². The van der Waals surface area contributed by atoms with Gasteiger partial charge in [-0.25, -0.2) is 0 Å². The molecule has 3 aromatic rings. The summed E-state index contributed by atoms with van der Waals surface area (Å²) < 4.78 is 20.1. The van der Waals surface area contributed by atoms with E-state index in [0.29, 0.717) is 41.6 Å². The van der Waals surface area contributed by atoms with Crippen LogP contribution in [0.3, 0.4) is 0 Å². The van der Waals surface area contributed by atoms with Crippen molar-refractivity contribution >= 4 is 43.4 Å². The minimum Gasteiger partial charge on any atom is -0.493 e. The van der Waals surface area contributed by atoms with Crippen molar-refractivity contribution < 1.29 is 19.0 Å². The van der Waals surface area contributed by atoms with Gasteiger partial charge in [0.15, 0.2) is 16.3 Å². The normalized spacial score (nSPS) is 11.8. The summed E-state index contributed by atoms with van der Waals surface area (Å²) in [6, 6.07) is 11.0. The molecule has 1 aromatic heterocycles. The molecular formula is C20H21BrN2O4S. The lowest BCUT2D eigenvalue weighted by atomic mass is 10.2. The predicted molar refractivity (Wildman–Crippen MR) is 113 cm³/mol. The molecule has 0 N–H and O–H groups in total. The Balaban J connectivity index is 2.04. The van der Waals surface area contributed by atoms with Gasteiger partial charge in [0.05, 0.1) is 31.0 Å². The average Bonchev–Trinajstić information content (AvgIpc) is 3.03. The molecule has 0 unspecified atom stereocenters. The summed E-state index contributed by atoms with van der Waals surface area (Å²) in [6.07, 6.45) is 0. The third kappa shape index (κ3) is 4.45. The molecule has 0 bridgehead atoms. The molecular weight excluding hydrogens is 444 g/mol. The number of fused-ring (bicyclic) bond motifs is 1. The highest BCUT2D eigenvalue weighted by atomic mass is 79.9. The molecule has 2 aromatic carbocycles. The largest absolute Gasteiger partial charge is 0.493 e. The number of nitrogens with zero attached hydrogens (tertiary/aromatic N) is 2. The van der Waals surface area contributed by atoms with Crippen LogP contribution < -0.4 is 14.3 Å². The van der Waals surface area contributed by atoms with E-state index in [9.17, 15) is 4.79 Å². The quantitative estimate of drug-likeness (QED) is 0.490. The van der Waals surface area contributed by atoms with Crippen LogP contribution in [-0.2, 0) is 11.3 Å². The van der Waals surface area contributed by atoms with Gasteiger partial charge in [-0.1, -0.05) is 27.3 Å². The third-order valence-electron chi connectivity index (χ3n) is 4.14. The molecule has 28 heavy (non-hydrogen) atoms. The van der Waals surface area contributed by atoms with Gasteiger partial charge >= 0.3 is 0 Å². The highest BCUT2D eigenvalue weighted by molar-refractivity contribution is 9.10. The second-order valence-corrected chi connectivity index (χ2v) is 7.76. The Kier molecular flexibility index (Phi) is 6.88. The topological polar surface area (TPSA) is 62.1 Å².